The second kappa shape index (κ2) is 3.19. The maximum Gasteiger partial charge on any atom is 0.161 e. The van der Waals surface area contributed by atoms with Crippen LogP contribution in [0.5, 0.6) is 0 Å². The van der Waals surface area contributed by atoms with Crippen LogP contribution in [0.2, 0.25) is 0 Å². The Hall–Kier alpha value is -1.75. The summed E-state index contributed by atoms with van der Waals surface area (Å²) in [5.74, 6) is 0.323. The van der Waals surface area contributed by atoms with Gasteiger partial charge in [0.05, 0.1) is 5.56 Å². The van der Waals surface area contributed by atoms with Crippen molar-refractivity contribution < 1.29 is 0 Å². The van der Waals surface area contributed by atoms with Crippen LogP contribution in [0.3, 0.4) is 0 Å². The van der Waals surface area contributed by atoms with E-state index in [0.29, 0.717) is 17.0 Å². The number of aromatic nitrogens is 2. The summed E-state index contributed by atoms with van der Waals surface area (Å²) in [6, 6.07) is 5.51. The van der Waals surface area contributed by atoms with E-state index < -0.39 is 0 Å². The number of pyridine rings is 2. The summed E-state index contributed by atoms with van der Waals surface area (Å²) < 4.78 is 0. The summed E-state index contributed by atoms with van der Waals surface area (Å²) in [5.41, 5.74) is 12.4. The minimum absolute atomic E-state index is 0.251. The molecule has 0 unspecified atom stereocenters. The molecule has 0 saturated carbocycles. The van der Waals surface area contributed by atoms with Gasteiger partial charge in [0, 0.05) is 11.6 Å². The van der Waals surface area contributed by atoms with Gasteiger partial charge in [-0.25, -0.2) is 9.97 Å². The molecule has 0 aliphatic carbocycles. The van der Waals surface area contributed by atoms with E-state index in [1.807, 2.05) is 12.1 Å². The van der Waals surface area contributed by atoms with Crippen LogP contribution in [0, 0.1) is 0 Å². The van der Waals surface area contributed by atoms with Crippen LogP contribution >= 0.6 is 12.2 Å². The van der Waals surface area contributed by atoms with Gasteiger partial charge in [0.2, 0.25) is 0 Å². The van der Waals surface area contributed by atoms with Gasteiger partial charge in [-0.05, 0) is 18.2 Å². The average Bonchev–Trinajstić information content (AvgIpc) is 2.16. The topological polar surface area (TPSA) is 77.8 Å². The summed E-state index contributed by atoms with van der Waals surface area (Å²) >= 11 is 4.85. The van der Waals surface area contributed by atoms with Gasteiger partial charge in [-0.2, -0.15) is 0 Å². The molecular formula is C9H8N4S. The predicted molar refractivity (Wildman–Crippen MR) is 59.8 cm³/mol. The Bertz CT molecular complexity index is 509. The first kappa shape index (κ1) is 8.83. The summed E-state index contributed by atoms with van der Waals surface area (Å²) in [7, 11) is 0. The molecule has 0 radical (unpaired) electrons. The number of nitrogens with two attached hydrogens (primary N) is 2. The van der Waals surface area contributed by atoms with Gasteiger partial charge in [0.15, 0.2) is 5.65 Å². The number of hydrogen-bond acceptors (Lipinski definition) is 4. The first-order valence-corrected chi connectivity index (χ1v) is 4.40. The van der Waals surface area contributed by atoms with E-state index in [9.17, 15) is 0 Å². The number of nitrogen functional groups attached to an aromatic ring is 1. The van der Waals surface area contributed by atoms with Crippen LogP contribution in [-0.4, -0.2) is 15.0 Å². The minimum atomic E-state index is 0.251. The van der Waals surface area contributed by atoms with Crippen LogP contribution < -0.4 is 11.5 Å². The van der Waals surface area contributed by atoms with Crippen LogP contribution in [0.25, 0.3) is 11.0 Å². The first-order chi connectivity index (χ1) is 6.68. The SMILES string of the molecule is NC(=S)c1cc2cccnc2nc1N. The van der Waals surface area contributed by atoms with E-state index in [1.54, 1.807) is 12.3 Å². The number of anilines is 1. The van der Waals surface area contributed by atoms with Crippen molar-refractivity contribution in [3.05, 3.63) is 30.0 Å². The zero-order chi connectivity index (χ0) is 10.1. The highest BCUT2D eigenvalue weighted by Crippen LogP contribution is 2.15. The van der Waals surface area contributed by atoms with E-state index in [0.717, 1.165) is 5.39 Å². The van der Waals surface area contributed by atoms with Gasteiger partial charge < -0.3 is 11.5 Å². The highest BCUT2D eigenvalue weighted by atomic mass is 32.1. The summed E-state index contributed by atoms with van der Waals surface area (Å²) in [6.07, 6.45) is 1.66. The molecule has 0 saturated heterocycles. The third kappa shape index (κ3) is 1.38. The number of rotatable bonds is 1. The highest BCUT2D eigenvalue weighted by Gasteiger charge is 2.05. The molecule has 2 aromatic rings. The van der Waals surface area contributed by atoms with Crippen LogP contribution in [0.1, 0.15) is 5.56 Å². The van der Waals surface area contributed by atoms with Crippen molar-refractivity contribution in [3.8, 4) is 0 Å². The van der Waals surface area contributed by atoms with Crippen LogP contribution in [0.15, 0.2) is 24.4 Å². The zero-order valence-corrected chi connectivity index (χ0v) is 8.08. The third-order valence-electron chi connectivity index (χ3n) is 1.88. The molecular weight excluding hydrogens is 196 g/mol. The molecule has 0 spiro atoms. The molecule has 14 heavy (non-hydrogen) atoms. The molecule has 70 valence electrons. The molecule has 0 fully saturated rings. The standard InChI is InChI=1S/C9H8N4S/c10-7-6(8(11)14)4-5-2-1-3-12-9(5)13-7/h1-4H,(H2,11,14)(H2,10,12,13). The molecule has 2 aromatic heterocycles. The summed E-state index contributed by atoms with van der Waals surface area (Å²) in [4.78, 5) is 8.41. The number of hydrogen-bond donors (Lipinski definition) is 2. The van der Waals surface area contributed by atoms with Crippen molar-refractivity contribution in [1.29, 1.82) is 0 Å². The minimum Gasteiger partial charge on any atom is -0.389 e. The molecule has 2 heterocycles. The summed E-state index contributed by atoms with van der Waals surface area (Å²) in [6.45, 7) is 0. The lowest BCUT2D eigenvalue weighted by Crippen LogP contribution is -2.13. The van der Waals surface area contributed by atoms with Crippen molar-refractivity contribution in [2.45, 2.75) is 0 Å². The Morgan fingerprint density at radius 1 is 1.43 bits per heavy atom. The largest absolute Gasteiger partial charge is 0.389 e. The molecule has 2 rings (SSSR count). The van der Waals surface area contributed by atoms with Gasteiger partial charge in [-0.3, -0.25) is 0 Å². The fourth-order valence-electron chi connectivity index (χ4n) is 1.22. The lowest BCUT2D eigenvalue weighted by atomic mass is 10.2. The number of thiocarbonyl (C=S) groups is 1. The van der Waals surface area contributed by atoms with Crippen molar-refractivity contribution in [2.24, 2.45) is 5.73 Å². The van der Waals surface area contributed by atoms with Gasteiger partial charge in [-0.15, -0.1) is 0 Å². The maximum atomic E-state index is 5.67. The second-order valence-corrected chi connectivity index (χ2v) is 3.28. The average molecular weight is 204 g/mol. The molecule has 4 N–H and O–H groups in total. The van der Waals surface area contributed by atoms with Crippen molar-refractivity contribution in [2.75, 3.05) is 5.73 Å². The molecule has 0 amide bonds. The Morgan fingerprint density at radius 3 is 2.93 bits per heavy atom. The van der Waals surface area contributed by atoms with Gasteiger partial charge in [0.25, 0.3) is 0 Å². The maximum absolute atomic E-state index is 5.67. The predicted octanol–water partition coefficient (Wildman–Crippen LogP) is 0.846. The summed E-state index contributed by atoms with van der Waals surface area (Å²) in [5, 5.41) is 0.879. The molecule has 0 atom stereocenters. The van der Waals surface area contributed by atoms with E-state index in [-0.39, 0.29) is 4.99 Å². The normalized spacial score (nSPS) is 10.3. The van der Waals surface area contributed by atoms with E-state index in [2.05, 4.69) is 9.97 Å². The van der Waals surface area contributed by atoms with Crippen molar-refractivity contribution in [3.63, 3.8) is 0 Å². The molecule has 0 aromatic carbocycles. The Labute approximate surface area is 86.0 Å². The molecule has 5 heteroatoms. The molecule has 0 bridgehead atoms. The number of nitrogens with zero attached hydrogens (tertiary/aromatic N) is 2. The van der Waals surface area contributed by atoms with Gasteiger partial charge in [-0.1, -0.05) is 12.2 Å². The lowest BCUT2D eigenvalue weighted by Gasteiger charge is -2.03. The Kier molecular flexibility index (Phi) is 2.01. The van der Waals surface area contributed by atoms with E-state index in [4.69, 9.17) is 23.7 Å². The lowest BCUT2D eigenvalue weighted by molar-refractivity contribution is 1.29. The Balaban J connectivity index is 2.77. The fourth-order valence-corrected chi connectivity index (χ4v) is 1.38. The highest BCUT2D eigenvalue weighted by molar-refractivity contribution is 7.80. The van der Waals surface area contributed by atoms with Crippen molar-refractivity contribution >= 4 is 34.1 Å². The third-order valence-corrected chi connectivity index (χ3v) is 2.10. The number of fused-ring (bicyclic) bond motifs is 1. The fraction of sp³-hybridized carbons (Fsp3) is 0. The molecule has 0 aliphatic rings. The first-order valence-electron chi connectivity index (χ1n) is 3.99. The smallest absolute Gasteiger partial charge is 0.161 e. The van der Waals surface area contributed by atoms with Crippen molar-refractivity contribution in [1.82, 2.24) is 9.97 Å². The quantitative estimate of drug-likeness (QED) is 0.673. The van der Waals surface area contributed by atoms with E-state index >= 15 is 0 Å². The van der Waals surface area contributed by atoms with Crippen LogP contribution in [-0.2, 0) is 0 Å². The molecule has 4 nitrogen and oxygen atoms in total. The second-order valence-electron chi connectivity index (χ2n) is 2.84. The monoisotopic (exact) mass is 204 g/mol. The van der Waals surface area contributed by atoms with Gasteiger partial charge >= 0.3 is 0 Å². The zero-order valence-electron chi connectivity index (χ0n) is 7.27. The Morgan fingerprint density at radius 2 is 2.21 bits per heavy atom. The van der Waals surface area contributed by atoms with E-state index in [1.165, 1.54) is 0 Å². The van der Waals surface area contributed by atoms with Crippen LogP contribution in [0.4, 0.5) is 5.82 Å². The van der Waals surface area contributed by atoms with Gasteiger partial charge in [0.1, 0.15) is 10.8 Å². The molecule has 0 aliphatic heterocycles.